The number of hydrogen-bond donors (Lipinski definition) is 2. The molecule has 6 rings (SSSR count). The number of nitrogens with two attached hydrogens (primary N) is 1. The number of aromatic nitrogens is 2. The SMILES string of the molecule is CCN1CCC(N2CCc3c(N)cccc3C2)C(c2ccc(Cl)c(-c3ncc(-c4ccccc4)[nH]3)c2)C1. The minimum absolute atomic E-state index is 0.399. The third kappa shape index (κ3) is 4.79. The standard InChI is InChI=1S/C31H34ClN5/c1-2-36-15-14-30(37-16-13-24-23(19-37)9-6-10-28(24)33)26(20-36)22-11-12-27(32)25(17-22)31-34-18-29(35-31)21-7-4-3-5-8-21/h3-12,17-18,26,30H,2,13-16,19-20,33H2,1H3,(H,34,35). The van der Waals surface area contributed by atoms with Crippen molar-refractivity contribution in [2.24, 2.45) is 0 Å². The summed E-state index contributed by atoms with van der Waals surface area (Å²) in [5.74, 6) is 1.21. The van der Waals surface area contributed by atoms with E-state index in [0.717, 1.165) is 78.9 Å². The molecule has 2 unspecified atom stereocenters. The molecule has 2 aliphatic rings. The Morgan fingerprint density at radius 2 is 1.92 bits per heavy atom. The highest BCUT2D eigenvalue weighted by molar-refractivity contribution is 6.33. The fourth-order valence-electron chi connectivity index (χ4n) is 6.18. The summed E-state index contributed by atoms with van der Waals surface area (Å²) in [6, 6.07) is 23.7. The Bertz CT molecular complexity index is 1380. The molecule has 0 spiro atoms. The summed E-state index contributed by atoms with van der Waals surface area (Å²) in [6.07, 6.45) is 4.07. The zero-order valence-corrected chi connectivity index (χ0v) is 22.1. The van der Waals surface area contributed by atoms with Gasteiger partial charge in [0.05, 0.1) is 16.9 Å². The van der Waals surface area contributed by atoms with Gasteiger partial charge >= 0.3 is 0 Å². The van der Waals surface area contributed by atoms with E-state index in [4.69, 9.17) is 22.3 Å². The summed E-state index contributed by atoms with van der Waals surface area (Å²) < 4.78 is 0. The fourth-order valence-corrected chi connectivity index (χ4v) is 6.39. The summed E-state index contributed by atoms with van der Waals surface area (Å²) in [5.41, 5.74) is 14.4. The van der Waals surface area contributed by atoms with Crippen LogP contribution in [0.15, 0.2) is 72.9 Å². The molecule has 190 valence electrons. The number of H-pyrrole nitrogens is 1. The fraction of sp³-hybridized carbons (Fsp3) is 0.323. The average molecular weight is 512 g/mol. The number of halogens is 1. The first kappa shape index (κ1) is 24.2. The van der Waals surface area contributed by atoms with E-state index in [2.05, 4.69) is 58.1 Å². The van der Waals surface area contributed by atoms with Gasteiger partial charge in [-0.2, -0.15) is 0 Å². The quantitative estimate of drug-likeness (QED) is 0.312. The Morgan fingerprint density at radius 3 is 2.76 bits per heavy atom. The lowest BCUT2D eigenvalue weighted by Crippen LogP contribution is -2.51. The lowest BCUT2D eigenvalue weighted by Gasteiger charge is -2.45. The lowest BCUT2D eigenvalue weighted by molar-refractivity contribution is 0.0806. The molecule has 0 amide bonds. The molecular formula is C31H34ClN5. The molecule has 1 aromatic heterocycles. The van der Waals surface area contributed by atoms with Crippen LogP contribution in [0.25, 0.3) is 22.6 Å². The predicted molar refractivity (Wildman–Crippen MR) is 153 cm³/mol. The molecule has 1 fully saturated rings. The molecule has 37 heavy (non-hydrogen) atoms. The normalized spacial score (nSPS) is 20.6. The number of likely N-dealkylation sites (N-methyl/N-ethyl adjacent to an activating group) is 1. The van der Waals surface area contributed by atoms with Crippen LogP contribution in [0.2, 0.25) is 5.02 Å². The van der Waals surface area contributed by atoms with Crippen LogP contribution in [-0.2, 0) is 13.0 Å². The van der Waals surface area contributed by atoms with Gasteiger partial charge in [-0.15, -0.1) is 0 Å². The van der Waals surface area contributed by atoms with Gasteiger partial charge in [0.25, 0.3) is 0 Å². The molecule has 0 radical (unpaired) electrons. The minimum Gasteiger partial charge on any atom is -0.398 e. The second kappa shape index (κ2) is 10.3. The molecule has 0 aliphatic carbocycles. The number of rotatable bonds is 5. The number of imidazole rings is 1. The van der Waals surface area contributed by atoms with Crippen molar-refractivity contribution in [3.63, 3.8) is 0 Å². The maximum Gasteiger partial charge on any atom is 0.139 e. The van der Waals surface area contributed by atoms with Gasteiger partial charge in [0.1, 0.15) is 5.82 Å². The van der Waals surface area contributed by atoms with Gasteiger partial charge in [-0.3, -0.25) is 4.90 Å². The van der Waals surface area contributed by atoms with E-state index >= 15 is 0 Å². The monoisotopic (exact) mass is 511 g/mol. The number of nitrogens with one attached hydrogen (secondary N) is 1. The van der Waals surface area contributed by atoms with E-state index in [9.17, 15) is 0 Å². The van der Waals surface area contributed by atoms with E-state index in [0.29, 0.717) is 12.0 Å². The first-order valence-corrected chi connectivity index (χ1v) is 13.7. The minimum atomic E-state index is 0.399. The van der Waals surface area contributed by atoms with Gasteiger partial charge in [-0.1, -0.05) is 67.1 Å². The number of anilines is 1. The summed E-state index contributed by atoms with van der Waals surface area (Å²) >= 11 is 6.74. The van der Waals surface area contributed by atoms with Crippen LogP contribution in [0, 0.1) is 0 Å². The molecule has 1 saturated heterocycles. The predicted octanol–water partition coefficient (Wildman–Crippen LogP) is 6.22. The van der Waals surface area contributed by atoms with Crippen LogP contribution in [0.4, 0.5) is 5.69 Å². The van der Waals surface area contributed by atoms with Gasteiger partial charge in [0, 0.05) is 42.8 Å². The van der Waals surface area contributed by atoms with E-state index < -0.39 is 0 Å². The lowest BCUT2D eigenvalue weighted by atomic mass is 9.83. The number of hydrogen-bond acceptors (Lipinski definition) is 4. The largest absolute Gasteiger partial charge is 0.398 e. The van der Waals surface area contributed by atoms with Crippen molar-refractivity contribution in [3.05, 3.63) is 94.6 Å². The Labute approximate surface area is 224 Å². The van der Waals surface area contributed by atoms with Crippen molar-refractivity contribution in [2.75, 3.05) is 31.9 Å². The highest BCUT2D eigenvalue weighted by Crippen LogP contribution is 2.38. The highest BCUT2D eigenvalue weighted by Gasteiger charge is 2.35. The molecule has 4 aromatic rings. The second-order valence-corrected chi connectivity index (χ2v) is 10.7. The molecule has 5 nitrogen and oxygen atoms in total. The topological polar surface area (TPSA) is 61.2 Å². The molecule has 6 heteroatoms. The van der Waals surface area contributed by atoms with E-state index in [1.807, 2.05) is 36.5 Å². The summed E-state index contributed by atoms with van der Waals surface area (Å²) in [6.45, 7) is 7.54. The zero-order chi connectivity index (χ0) is 25.4. The van der Waals surface area contributed by atoms with Crippen molar-refractivity contribution >= 4 is 17.3 Å². The Balaban J connectivity index is 1.32. The van der Waals surface area contributed by atoms with Gasteiger partial charge in [0.15, 0.2) is 0 Å². The van der Waals surface area contributed by atoms with Crippen LogP contribution in [0.3, 0.4) is 0 Å². The molecule has 3 N–H and O–H groups in total. The highest BCUT2D eigenvalue weighted by atomic mass is 35.5. The van der Waals surface area contributed by atoms with E-state index in [-0.39, 0.29) is 0 Å². The maximum absolute atomic E-state index is 6.74. The summed E-state index contributed by atoms with van der Waals surface area (Å²) in [7, 11) is 0. The summed E-state index contributed by atoms with van der Waals surface area (Å²) in [5, 5.41) is 0.722. The van der Waals surface area contributed by atoms with Crippen LogP contribution in [0.5, 0.6) is 0 Å². The van der Waals surface area contributed by atoms with Gasteiger partial charge < -0.3 is 15.6 Å². The molecule has 0 saturated carbocycles. The van der Waals surface area contributed by atoms with Crippen molar-refractivity contribution in [1.29, 1.82) is 0 Å². The van der Waals surface area contributed by atoms with Crippen molar-refractivity contribution in [1.82, 2.24) is 19.8 Å². The third-order valence-electron chi connectivity index (χ3n) is 8.24. The number of piperidine rings is 1. The molecule has 3 aromatic carbocycles. The van der Waals surface area contributed by atoms with Gasteiger partial charge in [-0.05, 0) is 66.4 Å². The number of nitrogens with zero attached hydrogens (tertiary/aromatic N) is 3. The van der Waals surface area contributed by atoms with E-state index in [1.165, 1.54) is 16.7 Å². The number of benzene rings is 3. The van der Waals surface area contributed by atoms with Crippen LogP contribution in [-0.4, -0.2) is 52.0 Å². The Morgan fingerprint density at radius 1 is 1.05 bits per heavy atom. The second-order valence-electron chi connectivity index (χ2n) is 10.3. The van der Waals surface area contributed by atoms with Crippen molar-refractivity contribution in [2.45, 2.75) is 38.3 Å². The third-order valence-corrected chi connectivity index (χ3v) is 8.57. The molecule has 0 bridgehead atoms. The summed E-state index contributed by atoms with van der Waals surface area (Å²) in [4.78, 5) is 13.5. The van der Waals surface area contributed by atoms with E-state index in [1.54, 1.807) is 0 Å². The van der Waals surface area contributed by atoms with Crippen LogP contribution < -0.4 is 5.73 Å². The maximum atomic E-state index is 6.74. The van der Waals surface area contributed by atoms with Crippen molar-refractivity contribution in [3.8, 4) is 22.6 Å². The average Bonchev–Trinajstić information content (AvgIpc) is 3.44. The van der Waals surface area contributed by atoms with Crippen LogP contribution >= 0.6 is 11.6 Å². The molecule has 2 atom stereocenters. The number of aromatic amines is 1. The molecule has 2 aliphatic heterocycles. The number of nitrogen functional groups attached to an aromatic ring is 1. The smallest absolute Gasteiger partial charge is 0.139 e. The van der Waals surface area contributed by atoms with Crippen molar-refractivity contribution < 1.29 is 0 Å². The number of likely N-dealkylation sites (tertiary alicyclic amines) is 1. The first-order valence-electron chi connectivity index (χ1n) is 13.3. The van der Waals surface area contributed by atoms with Gasteiger partial charge in [-0.25, -0.2) is 4.98 Å². The van der Waals surface area contributed by atoms with Gasteiger partial charge in [0.2, 0.25) is 0 Å². The Kier molecular flexibility index (Phi) is 6.76. The van der Waals surface area contributed by atoms with Crippen LogP contribution in [0.1, 0.15) is 36.0 Å². The molecule has 3 heterocycles. The first-order chi connectivity index (χ1) is 18.1. The zero-order valence-electron chi connectivity index (χ0n) is 21.3. The molecular weight excluding hydrogens is 478 g/mol. The Hall–Kier alpha value is -3.12. The number of fused-ring (bicyclic) bond motifs is 1.